The van der Waals surface area contributed by atoms with Crippen LogP contribution in [-0.4, -0.2) is 15.8 Å². The number of nitro benzene ring substituents is 1. The third-order valence-electron chi connectivity index (χ3n) is 2.55. The van der Waals surface area contributed by atoms with Gasteiger partial charge in [-0.3, -0.25) is 19.9 Å². The quantitative estimate of drug-likeness (QED) is 0.508. The zero-order valence-corrected chi connectivity index (χ0v) is 11.6. The second kappa shape index (κ2) is 5.66. The number of nitrogens with one attached hydrogen (secondary N) is 1. The van der Waals surface area contributed by atoms with Gasteiger partial charge in [-0.05, 0) is 28.1 Å². The molecule has 1 aromatic heterocycles. The SMILES string of the molecule is Nc1c(C(=O)Nc2ccncc2Br)cccc1[N+](=O)[O-]. The first kappa shape index (κ1) is 13.9. The first-order chi connectivity index (χ1) is 9.50. The molecule has 0 saturated heterocycles. The zero-order valence-electron chi connectivity index (χ0n) is 10.0. The van der Waals surface area contributed by atoms with Crippen LogP contribution < -0.4 is 11.1 Å². The summed E-state index contributed by atoms with van der Waals surface area (Å²) in [5, 5.41) is 13.4. The Hall–Kier alpha value is -2.48. The topological polar surface area (TPSA) is 111 Å². The van der Waals surface area contributed by atoms with Crippen molar-refractivity contribution in [2.75, 3.05) is 11.1 Å². The number of pyridine rings is 1. The molecule has 0 aliphatic rings. The van der Waals surface area contributed by atoms with Crippen LogP contribution in [0.15, 0.2) is 41.1 Å². The van der Waals surface area contributed by atoms with Gasteiger partial charge in [-0.15, -0.1) is 0 Å². The number of carbonyl (C=O) groups excluding carboxylic acids is 1. The minimum atomic E-state index is -0.630. The molecule has 0 spiro atoms. The molecule has 7 nitrogen and oxygen atoms in total. The lowest BCUT2D eigenvalue weighted by Crippen LogP contribution is -2.15. The number of benzene rings is 1. The van der Waals surface area contributed by atoms with Crippen LogP contribution in [0, 0.1) is 10.1 Å². The fraction of sp³-hybridized carbons (Fsp3) is 0. The molecule has 0 radical (unpaired) electrons. The number of nitrogen functional groups attached to an aromatic ring is 1. The fourth-order valence-corrected chi connectivity index (χ4v) is 1.93. The molecule has 0 unspecified atom stereocenters. The number of amides is 1. The highest BCUT2D eigenvalue weighted by Gasteiger charge is 2.19. The van der Waals surface area contributed by atoms with Gasteiger partial charge in [0.25, 0.3) is 11.6 Å². The van der Waals surface area contributed by atoms with Gasteiger partial charge in [0.15, 0.2) is 0 Å². The number of para-hydroxylation sites is 1. The molecule has 8 heteroatoms. The number of anilines is 2. The standard InChI is InChI=1S/C12H9BrN4O3/c13-8-6-15-5-4-9(8)16-12(18)7-2-1-3-10(11(7)14)17(19)20/h1-6H,14H2,(H,15,16,18). The summed E-state index contributed by atoms with van der Waals surface area (Å²) in [6, 6.07) is 5.67. The zero-order chi connectivity index (χ0) is 14.7. The third kappa shape index (κ3) is 2.75. The Balaban J connectivity index is 2.33. The van der Waals surface area contributed by atoms with E-state index >= 15 is 0 Å². The van der Waals surface area contributed by atoms with Crippen LogP contribution in [0.2, 0.25) is 0 Å². The summed E-state index contributed by atoms with van der Waals surface area (Å²) >= 11 is 3.24. The van der Waals surface area contributed by atoms with Crippen molar-refractivity contribution < 1.29 is 9.72 Å². The van der Waals surface area contributed by atoms with E-state index in [1.807, 2.05) is 0 Å². The molecule has 0 atom stereocenters. The number of nitro groups is 1. The first-order valence-corrected chi connectivity index (χ1v) is 6.23. The Morgan fingerprint density at radius 1 is 1.40 bits per heavy atom. The normalized spacial score (nSPS) is 10.1. The van der Waals surface area contributed by atoms with Crippen molar-refractivity contribution in [1.82, 2.24) is 4.98 Å². The fourth-order valence-electron chi connectivity index (χ4n) is 1.58. The van der Waals surface area contributed by atoms with Gasteiger partial charge in [-0.2, -0.15) is 0 Å². The van der Waals surface area contributed by atoms with Crippen LogP contribution in [-0.2, 0) is 0 Å². The number of aromatic nitrogens is 1. The summed E-state index contributed by atoms with van der Waals surface area (Å²) in [5.41, 5.74) is 5.72. The summed E-state index contributed by atoms with van der Waals surface area (Å²) in [6.45, 7) is 0. The number of nitrogens with two attached hydrogens (primary N) is 1. The molecule has 0 saturated carbocycles. The number of rotatable bonds is 3. The molecule has 0 aliphatic heterocycles. The molecular formula is C12H9BrN4O3. The largest absolute Gasteiger partial charge is 0.393 e. The van der Waals surface area contributed by atoms with Crippen molar-refractivity contribution in [3.63, 3.8) is 0 Å². The molecule has 2 rings (SSSR count). The van der Waals surface area contributed by atoms with Gasteiger partial charge in [0, 0.05) is 18.5 Å². The molecule has 1 amide bonds. The molecular weight excluding hydrogens is 328 g/mol. The van der Waals surface area contributed by atoms with E-state index < -0.39 is 10.8 Å². The van der Waals surface area contributed by atoms with Crippen LogP contribution in [0.25, 0.3) is 0 Å². The van der Waals surface area contributed by atoms with E-state index in [1.165, 1.54) is 30.6 Å². The Bertz CT molecular complexity index is 690. The second-order valence-corrected chi connectivity index (χ2v) is 4.66. The lowest BCUT2D eigenvalue weighted by molar-refractivity contribution is -0.383. The van der Waals surface area contributed by atoms with Crippen molar-refractivity contribution in [1.29, 1.82) is 0 Å². The van der Waals surface area contributed by atoms with Gasteiger partial charge in [0.1, 0.15) is 5.69 Å². The van der Waals surface area contributed by atoms with E-state index in [-0.39, 0.29) is 16.9 Å². The molecule has 0 bridgehead atoms. The summed E-state index contributed by atoms with van der Waals surface area (Å²) in [6.07, 6.45) is 3.03. The van der Waals surface area contributed by atoms with Gasteiger partial charge in [-0.25, -0.2) is 0 Å². The second-order valence-electron chi connectivity index (χ2n) is 3.81. The number of carbonyl (C=O) groups is 1. The van der Waals surface area contributed by atoms with E-state index in [0.29, 0.717) is 10.2 Å². The maximum absolute atomic E-state index is 12.1. The molecule has 1 aromatic carbocycles. The van der Waals surface area contributed by atoms with Gasteiger partial charge in [0.05, 0.1) is 20.6 Å². The van der Waals surface area contributed by atoms with Gasteiger partial charge < -0.3 is 11.1 Å². The monoisotopic (exact) mass is 336 g/mol. The summed E-state index contributed by atoms with van der Waals surface area (Å²) in [4.78, 5) is 26.1. The Morgan fingerprint density at radius 2 is 2.15 bits per heavy atom. The average Bonchev–Trinajstić information content (AvgIpc) is 2.41. The van der Waals surface area contributed by atoms with Gasteiger partial charge in [-0.1, -0.05) is 6.07 Å². The molecule has 2 aromatic rings. The smallest absolute Gasteiger partial charge is 0.292 e. The van der Waals surface area contributed by atoms with Crippen LogP contribution in [0.1, 0.15) is 10.4 Å². The van der Waals surface area contributed by atoms with Crippen molar-refractivity contribution in [2.45, 2.75) is 0 Å². The lowest BCUT2D eigenvalue weighted by atomic mass is 10.1. The minimum absolute atomic E-state index is 0.0444. The van der Waals surface area contributed by atoms with Gasteiger partial charge in [0.2, 0.25) is 0 Å². The lowest BCUT2D eigenvalue weighted by Gasteiger charge is -2.08. The average molecular weight is 337 g/mol. The molecule has 1 heterocycles. The molecule has 0 fully saturated rings. The van der Waals surface area contributed by atoms with E-state index in [9.17, 15) is 14.9 Å². The number of hydrogen-bond acceptors (Lipinski definition) is 5. The minimum Gasteiger partial charge on any atom is -0.393 e. The number of halogens is 1. The molecule has 3 N–H and O–H groups in total. The van der Waals surface area contributed by atoms with Crippen LogP contribution >= 0.6 is 15.9 Å². The maximum atomic E-state index is 12.1. The van der Waals surface area contributed by atoms with Crippen molar-refractivity contribution >= 4 is 38.9 Å². The van der Waals surface area contributed by atoms with Crippen LogP contribution in [0.3, 0.4) is 0 Å². The Kier molecular flexibility index (Phi) is 3.94. The highest BCUT2D eigenvalue weighted by atomic mass is 79.9. The summed E-state index contributed by atoms with van der Waals surface area (Å²) in [7, 11) is 0. The highest BCUT2D eigenvalue weighted by molar-refractivity contribution is 9.10. The van der Waals surface area contributed by atoms with E-state index in [2.05, 4.69) is 26.2 Å². The molecule has 102 valence electrons. The molecule has 20 heavy (non-hydrogen) atoms. The van der Waals surface area contributed by atoms with Crippen molar-refractivity contribution in [3.8, 4) is 0 Å². The summed E-state index contributed by atoms with van der Waals surface area (Å²) < 4.78 is 0.595. The number of hydrogen-bond donors (Lipinski definition) is 2. The van der Waals surface area contributed by atoms with Crippen LogP contribution in [0.4, 0.5) is 17.1 Å². The number of nitrogens with zero attached hydrogens (tertiary/aromatic N) is 2. The predicted molar refractivity (Wildman–Crippen MR) is 77.4 cm³/mol. The predicted octanol–water partition coefficient (Wildman–Crippen LogP) is 2.59. The van der Waals surface area contributed by atoms with Crippen molar-refractivity contribution in [3.05, 3.63) is 56.8 Å². The van der Waals surface area contributed by atoms with Crippen LogP contribution in [0.5, 0.6) is 0 Å². The Labute approximate surface area is 122 Å². The summed E-state index contributed by atoms with van der Waals surface area (Å²) in [5.74, 6) is -0.530. The van der Waals surface area contributed by atoms with E-state index in [0.717, 1.165) is 0 Å². The van der Waals surface area contributed by atoms with E-state index in [4.69, 9.17) is 5.73 Å². The first-order valence-electron chi connectivity index (χ1n) is 5.44. The maximum Gasteiger partial charge on any atom is 0.292 e. The van der Waals surface area contributed by atoms with E-state index in [1.54, 1.807) is 6.07 Å². The Morgan fingerprint density at radius 3 is 2.80 bits per heavy atom. The van der Waals surface area contributed by atoms with Crippen molar-refractivity contribution in [2.24, 2.45) is 0 Å². The van der Waals surface area contributed by atoms with Gasteiger partial charge >= 0.3 is 0 Å². The highest BCUT2D eigenvalue weighted by Crippen LogP contribution is 2.26. The third-order valence-corrected chi connectivity index (χ3v) is 3.18. The molecule has 0 aliphatic carbocycles.